The molecule has 0 aliphatic carbocycles. The lowest BCUT2D eigenvalue weighted by Gasteiger charge is -2.16. The highest BCUT2D eigenvalue weighted by atomic mass is 32.2. The molecule has 1 atom stereocenters. The Hall–Kier alpha value is -0.820. The van der Waals surface area contributed by atoms with Gasteiger partial charge in [0.05, 0.1) is 11.5 Å². The maximum Gasteiger partial charge on any atom is 0.191 e. The van der Waals surface area contributed by atoms with Gasteiger partial charge in [0, 0.05) is 32.8 Å². The zero-order valence-corrected chi connectivity index (χ0v) is 13.3. The number of hydrogen-bond acceptors (Lipinski definition) is 4. The first-order valence-corrected chi connectivity index (χ1v) is 9.15. The molecule has 1 heterocycles. The smallest absolute Gasteiger partial charge is 0.191 e. The largest absolute Gasteiger partial charge is 0.381 e. The molecule has 6 nitrogen and oxygen atoms in total. The third kappa shape index (κ3) is 7.09. The van der Waals surface area contributed by atoms with Gasteiger partial charge < -0.3 is 15.4 Å². The lowest BCUT2D eigenvalue weighted by atomic mass is 10.3. The molecular formula is C13H27N3O3S. The van der Waals surface area contributed by atoms with Crippen molar-refractivity contribution in [3.05, 3.63) is 0 Å². The van der Waals surface area contributed by atoms with E-state index >= 15 is 0 Å². The van der Waals surface area contributed by atoms with Crippen LogP contribution in [0.4, 0.5) is 0 Å². The van der Waals surface area contributed by atoms with Crippen LogP contribution >= 0.6 is 0 Å². The molecule has 0 aromatic heterocycles. The van der Waals surface area contributed by atoms with Crippen LogP contribution < -0.4 is 10.6 Å². The van der Waals surface area contributed by atoms with Crippen LogP contribution in [0, 0.1) is 0 Å². The molecule has 1 saturated heterocycles. The Labute approximate surface area is 122 Å². The van der Waals surface area contributed by atoms with E-state index in [0.29, 0.717) is 12.4 Å². The van der Waals surface area contributed by atoms with Crippen molar-refractivity contribution >= 4 is 15.8 Å². The van der Waals surface area contributed by atoms with E-state index in [2.05, 4.69) is 22.5 Å². The fraction of sp³-hybridized carbons (Fsp3) is 0.923. The second kappa shape index (κ2) is 9.18. The van der Waals surface area contributed by atoms with Gasteiger partial charge in [0.2, 0.25) is 0 Å². The molecule has 0 spiro atoms. The maximum absolute atomic E-state index is 11.4. The number of aliphatic imine (C=N–C) groups is 1. The van der Waals surface area contributed by atoms with Crippen LogP contribution in [-0.4, -0.2) is 58.7 Å². The molecule has 1 aliphatic heterocycles. The van der Waals surface area contributed by atoms with Crippen LogP contribution in [0.2, 0.25) is 0 Å². The van der Waals surface area contributed by atoms with E-state index < -0.39 is 9.84 Å². The minimum absolute atomic E-state index is 0.0213. The number of sulfone groups is 1. The SMILES string of the molecule is CCCCOCCCNC(=NC)NC1CCS(=O)(=O)C1. The lowest BCUT2D eigenvalue weighted by Crippen LogP contribution is -2.44. The molecular weight excluding hydrogens is 278 g/mol. The number of nitrogens with zero attached hydrogens (tertiary/aromatic N) is 1. The van der Waals surface area contributed by atoms with Gasteiger partial charge in [0.25, 0.3) is 0 Å². The molecule has 1 aliphatic rings. The Bertz CT molecular complexity index is 396. The van der Waals surface area contributed by atoms with Crippen molar-refractivity contribution in [2.24, 2.45) is 4.99 Å². The minimum Gasteiger partial charge on any atom is -0.381 e. The average Bonchev–Trinajstić information content (AvgIpc) is 2.75. The van der Waals surface area contributed by atoms with Gasteiger partial charge in [0.1, 0.15) is 0 Å². The Morgan fingerprint density at radius 3 is 2.70 bits per heavy atom. The van der Waals surface area contributed by atoms with Crippen LogP contribution in [0.1, 0.15) is 32.6 Å². The van der Waals surface area contributed by atoms with E-state index in [1.165, 1.54) is 0 Å². The summed E-state index contributed by atoms with van der Waals surface area (Å²) in [5.74, 6) is 1.14. The van der Waals surface area contributed by atoms with Gasteiger partial charge in [-0.2, -0.15) is 0 Å². The molecule has 0 saturated carbocycles. The summed E-state index contributed by atoms with van der Waals surface area (Å²) in [6.45, 7) is 4.47. The number of rotatable bonds is 8. The first-order chi connectivity index (χ1) is 9.57. The number of guanidine groups is 1. The van der Waals surface area contributed by atoms with Crippen molar-refractivity contribution in [3.8, 4) is 0 Å². The van der Waals surface area contributed by atoms with E-state index in [9.17, 15) is 8.42 Å². The standard InChI is InChI=1S/C13H27N3O3S/c1-3-4-8-19-9-5-7-15-13(14-2)16-12-6-10-20(17,18)11-12/h12H,3-11H2,1-2H3,(H2,14,15,16). The van der Waals surface area contributed by atoms with Gasteiger partial charge in [-0.15, -0.1) is 0 Å². The second-order valence-corrected chi connectivity index (χ2v) is 7.29. The first-order valence-electron chi connectivity index (χ1n) is 7.32. The third-order valence-corrected chi connectivity index (χ3v) is 4.96. The zero-order chi connectivity index (χ0) is 14.8. The molecule has 1 fully saturated rings. The quantitative estimate of drug-likeness (QED) is 0.389. The zero-order valence-electron chi connectivity index (χ0n) is 12.5. The number of nitrogens with one attached hydrogen (secondary N) is 2. The van der Waals surface area contributed by atoms with Crippen molar-refractivity contribution in [2.75, 3.05) is 38.3 Å². The van der Waals surface area contributed by atoms with Crippen LogP contribution in [0.3, 0.4) is 0 Å². The molecule has 0 aromatic rings. The minimum atomic E-state index is -2.85. The van der Waals surface area contributed by atoms with Crippen molar-refractivity contribution in [1.82, 2.24) is 10.6 Å². The molecule has 0 bridgehead atoms. The lowest BCUT2D eigenvalue weighted by molar-refractivity contribution is 0.129. The Morgan fingerprint density at radius 2 is 2.10 bits per heavy atom. The van der Waals surface area contributed by atoms with Gasteiger partial charge in [-0.3, -0.25) is 4.99 Å². The number of unbranched alkanes of at least 4 members (excludes halogenated alkanes) is 1. The van der Waals surface area contributed by atoms with Crippen LogP contribution in [0.5, 0.6) is 0 Å². The second-order valence-electron chi connectivity index (χ2n) is 5.06. The molecule has 7 heteroatoms. The van der Waals surface area contributed by atoms with Crippen molar-refractivity contribution < 1.29 is 13.2 Å². The van der Waals surface area contributed by atoms with Crippen molar-refractivity contribution in [1.29, 1.82) is 0 Å². The molecule has 0 radical (unpaired) electrons. The van der Waals surface area contributed by atoms with Crippen molar-refractivity contribution in [3.63, 3.8) is 0 Å². The summed E-state index contributed by atoms with van der Waals surface area (Å²) in [4.78, 5) is 4.11. The van der Waals surface area contributed by atoms with Gasteiger partial charge >= 0.3 is 0 Å². The third-order valence-electron chi connectivity index (χ3n) is 3.20. The maximum atomic E-state index is 11.4. The average molecular weight is 305 g/mol. The molecule has 1 unspecified atom stereocenters. The summed E-state index contributed by atoms with van der Waals surface area (Å²) in [7, 11) is -1.16. The van der Waals surface area contributed by atoms with Crippen LogP contribution in [-0.2, 0) is 14.6 Å². The van der Waals surface area contributed by atoms with Gasteiger partial charge in [0.15, 0.2) is 15.8 Å². The fourth-order valence-corrected chi connectivity index (χ4v) is 3.70. The van der Waals surface area contributed by atoms with E-state index in [4.69, 9.17) is 4.74 Å². The highest BCUT2D eigenvalue weighted by Crippen LogP contribution is 2.10. The summed E-state index contributed by atoms with van der Waals surface area (Å²) < 4.78 is 28.2. The van der Waals surface area contributed by atoms with E-state index in [1.807, 2.05) is 0 Å². The number of ether oxygens (including phenoxy) is 1. The molecule has 0 amide bonds. The summed E-state index contributed by atoms with van der Waals surface area (Å²) in [6, 6.07) is -0.0213. The molecule has 118 valence electrons. The molecule has 0 aromatic carbocycles. The first kappa shape index (κ1) is 17.2. The van der Waals surface area contributed by atoms with E-state index in [-0.39, 0.29) is 17.5 Å². The predicted octanol–water partition coefficient (Wildman–Crippen LogP) is 0.545. The van der Waals surface area contributed by atoms with Crippen LogP contribution in [0.25, 0.3) is 0 Å². The Kier molecular flexibility index (Phi) is 7.91. The normalized spacial score (nSPS) is 21.9. The van der Waals surface area contributed by atoms with Gasteiger partial charge in [-0.25, -0.2) is 8.42 Å². The fourth-order valence-electron chi connectivity index (χ4n) is 2.03. The topological polar surface area (TPSA) is 79.8 Å². The molecule has 1 rings (SSSR count). The Balaban J connectivity index is 2.12. The Morgan fingerprint density at radius 1 is 1.35 bits per heavy atom. The summed E-state index contributed by atoms with van der Waals surface area (Å²) in [6.07, 6.45) is 3.82. The van der Waals surface area contributed by atoms with E-state index in [1.54, 1.807) is 7.05 Å². The highest BCUT2D eigenvalue weighted by Gasteiger charge is 2.28. The summed E-state index contributed by atoms with van der Waals surface area (Å²) in [5, 5.41) is 6.33. The number of hydrogen-bond donors (Lipinski definition) is 2. The van der Waals surface area contributed by atoms with E-state index in [0.717, 1.165) is 39.0 Å². The van der Waals surface area contributed by atoms with Crippen molar-refractivity contribution in [2.45, 2.75) is 38.6 Å². The monoisotopic (exact) mass is 305 g/mol. The van der Waals surface area contributed by atoms with Gasteiger partial charge in [-0.1, -0.05) is 13.3 Å². The highest BCUT2D eigenvalue weighted by molar-refractivity contribution is 7.91. The van der Waals surface area contributed by atoms with Gasteiger partial charge in [-0.05, 0) is 19.3 Å². The van der Waals surface area contributed by atoms with Crippen LogP contribution in [0.15, 0.2) is 4.99 Å². The summed E-state index contributed by atoms with van der Waals surface area (Å²) in [5.41, 5.74) is 0. The summed E-state index contributed by atoms with van der Waals surface area (Å²) >= 11 is 0. The predicted molar refractivity (Wildman–Crippen MR) is 81.9 cm³/mol. The molecule has 20 heavy (non-hydrogen) atoms. The molecule has 2 N–H and O–H groups in total.